The van der Waals surface area contributed by atoms with Crippen LogP contribution in [0.4, 0.5) is 0 Å². The zero-order valence-corrected chi connectivity index (χ0v) is 10.4. The summed E-state index contributed by atoms with van der Waals surface area (Å²) in [5, 5.41) is 7.36. The van der Waals surface area contributed by atoms with E-state index >= 15 is 0 Å². The second kappa shape index (κ2) is 5.32. The molecule has 0 spiro atoms. The Morgan fingerprint density at radius 3 is 2.47 bits per heavy atom. The van der Waals surface area contributed by atoms with Crippen molar-refractivity contribution in [1.29, 1.82) is 5.41 Å². The standard InChI is InChI=1S/C14H21N3/c1-2-9-17(13-7-8-13)10-11-3-5-12(6-4-11)14(15)16/h3-6,13H,2,7-10H2,1H3,(H3,15,16). The predicted molar refractivity (Wildman–Crippen MR) is 71.2 cm³/mol. The molecule has 92 valence electrons. The summed E-state index contributed by atoms with van der Waals surface area (Å²) < 4.78 is 0. The largest absolute Gasteiger partial charge is 0.384 e. The summed E-state index contributed by atoms with van der Waals surface area (Å²) in [4.78, 5) is 2.56. The number of nitrogen functional groups attached to an aromatic ring is 1. The van der Waals surface area contributed by atoms with Crippen molar-refractivity contribution in [3.8, 4) is 0 Å². The van der Waals surface area contributed by atoms with Gasteiger partial charge in [-0.1, -0.05) is 31.2 Å². The Bertz CT molecular complexity index is 379. The third-order valence-electron chi connectivity index (χ3n) is 3.22. The highest BCUT2D eigenvalue weighted by Crippen LogP contribution is 2.28. The highest BCUT2D eigenvalue weighted by Gasteiger charge is 2.27. The molecule has 0 amide bonds. The van der Waals surface area contributed by atoms with Gasteiger partial charge >= 0.3 is 0 Å². The maximum Gasteiger partial charge on any atom is 0.122 e. The Morgan fingerprint density at radius 1 is 1.35 bits per heavy atom. The lowest BCUT2D eigenvalue weighted by atomic mass is 10.1. The number of nitrogens with two attached hydrogens (primary N) is 1. The van der Waals surface area contributed by atoms with Gasteiger partial charge in [0.1, 0.15) is 5.84 Å². The van der Waals surface area contributed by atoms with Gasteiger partial charge in [0.05, 0.1) is 0 Å². The van der Waals surface area contributed by atoms with Crippen molar-refractivity contribution in [2.45, 2.75) is 38.8 Å². The van der Waals surface area contributed by atoms with Crippen molar-refractivity contribution in [3.05, 3.63) is 35.4 Å². The molecule has 1 aliphatic carbocycles. The van der Waals surface area contributed by atoms with Crippen LogP contribution in [0.15, 0.2) is 24.3 Å². The van der Waals surface area contributed by atoms with E-state index in [4.69, 9.17) is 11.1 Å². The fourth-order valence-corrected chi connectivity index (χ4v) is 2.14. The topological polar surface area (TPSA) is 53.1 Å². The number of nitrogens with zero attached hydrogens (tertiary/aromatic N) is 1. The molecular weight excluding hydrogens is 210 g/mol. The molecule has 1 aromatic carbocycles. The summed E-state index contributed by atoms with van der Waals surface area (Å²) in [5.41, 5.74) is 7.57. The second-order valence-electron chi connectivity index (χ2n) is 4.81. The average molecular weight is 231 g/mol. The molecule has 0 unspecified atom stereocenters. The first-order valence-corrected chi connectivity index (χ1v) is 6.38. The van der Waals surface area contributed by atoms with Crippen LogP contribution >= 0.6 is 0 Å². The molecule has 0 bridgehead atoms. The summed E-state index contributed by atoms with van der Waals surface area (Å²) in [7, 11) is 0. The lowest BCUT2D eigenvalue weighted by Gasteiger charge is -2.21. The van der Waals surface area contributed by atoms with E-state index in [9.17, 15) is 0 Å². The van der Waals surface area contributed by atoms with Crippen molar-refractivity contribution in [2.24, 2.45) is 5.73 Å². The molecule has 1 aliphatic rings. The summed E-state index contributed by atoms with van der Waals surface area (Å²) in [6.07, 6.45) is 3.92. The first-order valence-electron chi connectivity index (χ1n) is 6.38. The van der Waals surface area contributed by atoms with Crippen LogP contribution in [-0.2, 0) is 6.54 Å². The Morgan fingerprint density at radius 2 is 2.00 bits per heavy atom. The van der Waals surface area contributed by atoms with Gasteiger partial charge in [0.25, 0.3) is 0 Å². The van der Waals surface area contributed by atoms with Gasteiger partial charge < -0.3 is 5.73 Å². The molecule has 0 saturated heterocycles. The Balaban J connectivity index is 1.99. The van der Waals surface area contributed by atoms with Crippen molar-refractivity contribution < 1.29 is 0 Å². The van der Waals surface area contributed by atoms with E-state index in [2.05, 4.69) is 24.0 Å². The SMILES string of the molecule is CCCN(Cc1ccc(C(=N)N)cc1)C1CC1. The number of rotatable bonds is 6. The van der Waals surface area contributed by atoms with Gasteiger partial charge in [-0.25, -0.2) is 0 Å². The van der Waals surface area contributed by atoms with Gasteiger partial charge in [0.15, 0.2) is 0 Å². The quantitative estimate of drug-likeness (QED) is 0.583. The highest BCUT2D eigenvalue weighted by atomic mass is 15.2. The Kier molecular flexibility index (Phi) is 3.79. The zero-order chi connectivity index (χ0) is 12.3. The molecular formula is C14H21N3. The minimum absolute atomic E-state index is 0.143. The Labute approximate surface area is 103 Å². The maximum absolute atomic E-state index is 7.36. The highest BCUT2D eigenvalue weighted by molar-refractivity contribution is 5.94. The van der Waals surface area contributed by atoms with Crippen LogP contribution in [0, 0.1) is 5.41 Å². The number of hydrogen-bond donors (Lipinski definition) is 2. The third-order valence-corrected chi connectivity index (χ3v) is 3.22. The van der Waals surface area contributed by atoms with Crippen LogP contribution in [0.25, 0.3) is 0 Å². The van der Waals surface area contributed by atoms with Crippen LogP contribution in [0.3, 0.4) is 0 Å². The minimum Gasteiger partial charge on any atom is -0.384 e. The molecule has 0 atom stereocenters. The monoisotopic (exact) mass is 231 g/mol. The zero-order valence-electron chi connectivity index (χ0n) is 10.4. The molecule has 0 aromatic heterocycles. The summed E-state index contributed by atoms with van der Waals surface area (Å²) >= 11 is 0. The Hall–Kier alpha value is -1.35. The first kappa shape index (κ1) is 12.1. The summed E-state index contributed by atoms with van der Waals surface area (Å²) in [6.45, 7) is 4.43. The number of hydrogen-bond acceptors (Lipinski definition) is 2. The van der Waals surface area contributed by atoms with Gasteiger partial charge in [-0.2, -0.15) is 0 Å². The molecule has 1 saturated carbocycles. The van der Waals surface area contributed by atoms with Gasteiger partial charge in [0.2, 0.25) is 0 Å². The predicted octanol–water partition coefficient (Wildman–Crippen LogP) is 2.35. The fourth-order valence-electron chi connectivity index (χ4n) is 2.14. The summed E-state index contributed by atoms with van der Waals surface area (Å²) in [6, 6.07) is 8.86. The van der Waals surface area contributed by atoms with Gasteiger partial charge in [-0.15, -0.1) is 0 Å². The number of amidine groups is 1. The van der Waals surface area contributed by atoms with Crippen LogP contribution in [-0.4, -0.2) is 23.3 Å². The molecule has 3 heteroatoms. The molecule has 3 N–H and O–H groups in total. The fraction of sp³-hybridized carbons (Fsp3) is 0.500. The van der Waals surface area contributed by atoms with Gasteiger partial charge in [-0.05, 0) is 31.4 Å². The van der Waals surface area contributed by atoms with Crippen LogP contribution in [0.2, 0.25) is 0 Å². The molecule has 17 heavy (non-hydrogen) atoms. The second-order valence-corrected chi connectivity index (χ2v) is 4.81. The van der Waals surface area contributed by atoms with Gasteiger partial charge in [0, 0.05) is 18.2 Å². The maximum atomic E-state index is 7.36. The lowest BCUT2D eigenvalue weighted by molar-refractivity contribution is 0.255. The average Bonchev–Trinajstić information content (AvgIpc) is 3.13. The van der Waals surface area contributed by atoms with Crippen molar-refractivity contribution in [1.82, 2.24) is 4.90 Å². The molecule has 0 heterocycles. The molecule has 0 aliphatic heterocycles. The minimum atomic E-state index is 0.143. The van der Waals surface area contributed by atoms with Crippen molar-refractivity contribution in [3.63, 3.8) is 0 Å². The molecule has 2 rings (SSSR count). The molecule has 1 aromatic rings. The number of benzene rings is 1. The lowest BCUT2D eigenvalue weighted by Crippen LogP contribution is -2.26. The van der Waals surface area contributed by atoms with Crippen molar-refractivity contribution in [2.75, 3.05) is 6.54 Å². The molecule has 1 fully saturated rings. The first-order chi connectivity index (χ1) is 8.20. The number of nitrogens with one attached hydrogen (secondary N) is 1. The van der Waals surface area contributed by atoms with Crippen LogP contribution in [0.5, 0.6) is 0 Å². The summed E-state index contributed by atoms with van der Waals surface area (Å²) in [5.74, 6) is 0.143. The molecule has 0 radical (unpaired) electrons. The van der Waals surface area contributed by atoms with Crippen molar-refractivity contribution >= 4 is 5.84 Å². The van der Waals surface area contributed by atoms with Crippen LogP contribution in [0.1, 0.15) is 37.3 Å². The van der Waals surface area contributed by atoms with E-state index in [1.165, 1.54) is 31.4 Å². The third kappa shape index (κ3) is 3.30. The van der Waals surface area contributed by atoms with E-state index < -0.39 is 0 Å². The van der Waals surface area contributed by atoms with E-state index in [1.54, 1.807) is 0 Å². The van der Waals surface area contributed by atoms with Gasteiger partial charge in [-0.3, -0.25) is 10.3 Å². The van der Waals surface area contributed by atoms with E-state index in [0.29, 0.717) is 0 Å². The smallest absolute Gasteiger partial charge is 0.122 e. The van der Waals surface area contributed by atoms with E-state index in [-0.39, 0.29) is 5.84 Å². The molecule has 3 nitrogen and oxygen atoms in total. The van der Waals surface area contributed by atoms with E-state index in [0.717, 1.165) is 18.2 Å². The normalized spacial score (nSPS) is 15.2. The van der Waals surface area contributed by atoms with E-state index in [1.807, 2.05) is 12.1 Å². The van der Waals surface area contributed by atoms with Crippen LogP contribution < -0.4 is 5.73 Å².